The van der Waals surface area contributed by atoms with E-state index in [9.17, 15) is 0 Å². The Morgan fingerprint density at radius 3 is 2.83 bits per heavy atom. The predicted octanol–water partition coefficient (Wildman–Crippen LogP) is 2.28. The number of rotatable bonds is 1. The summed E-state index contributed by atoms with van der Waals surface area (Å²) in [6, 6.07) is 0.602. The van der Waals surface area contributed by atoms with Gasteiger partial charge < -0.3 is 14.5 Å². The predicted molar refractivity (Wildman–Crippen MR) is 76.4 cm³/mol. The summed E-state index contributed by atoms with van der Waals surface area (Å²) in [5, 5.41) is 0. The van der Waals surface area contributed by atoms with Crippen LogP contribution in [0.4, 0.5) is 11.4 Å². The third-order valence-electron chi connectivity index (χ3n) is 3.86. The number of pyridine rings is 1. The topological polar surface area (TPSA) is 28.6 Å². The van der Waals surface area contributed by atoms with Crippen molar-refractivity contribution in [3.63, 3.8) is 0 Å². The molecule has 0 unspecified atom stereocenters. The summed E-state index contributed by atoms with van der Waals surface area (Å²) in [7, 11) is 2.13. The molecule has 1 aromatic heterocycles. The minimum atomic E-state index is 0.602. The molecule has 2 aliphatic heterocycles. The first-order chi connectivity index (χ1) is 8.77. The molecule has 0 atom stereocenters. The standard InChI is InChI=1S/C13H18BrN3O/c1-16-4-5-17(10-2-6-18-7-3-10)13-11(14)8-15-9-12(13)16/h8-10H,2-7H2,1H3. The maximum atomic E-state index is 5.47. The lowest BCUT2D eigenvalue weighted by atomic mass is 10.0. The van der Waals surface area contributed by atoms with E-state index < -0.39 is 0 Å². The van der Waals surface area contributed by atoms with Crippen molar-refractivity contribution >= 4 is 27.3 Å². The third-order valence-corrected chi connectivity index (χ3v) is 4.44. The van der Waals surface area contributed by atoms with Gasteiger partial charge >= 0.3 is 0 Å². The average molecular weight is 312 g/mol. The van der Waals surface area contributed by atoms with Crippen molar-refractivity contribution in [3.05, 3.63) is 16.9 Å². The molecule has 0 spiro atoms. The zero-order chi connectivity index (χ0) is 12.5. The molecular formula is C13H18BrN3O. The van der Waals surface area contributed by atoms with E-state index in [1.165, 1.54) is 11.4 Å². The van der Waals surface area contributed by atoms with Gasteiger partial charge in [-0.15, -0.1) is 0 Å². The van der Waals surface area contributed by atoms with Crippen molar-refractivity contribution in [2.45, 2.75) is 18.9 Å². The van der Waals surface area contributed by atoms with Crippen LogP contribution in [-0.2, 0) is 4.74 Å². The Hall–Kier alpha value is -0.810. The number of nitrogens with zero attached hydrogens (tertiary/aromatic N) is 3. The summed E-state index contributed by atoms with van der Waals surface area (Å²) >= 11 is 3.65. The molecule has 3 heterocycles. The molecule has 1 fully saturated rings. The molecule has 0 N–H and O–H groups in total. The monoisotopic (exact) mass is 311 g/mol. The molecule has 4 nitrogen and oxygen atoms in total. The highest BCUT2D eigenvalue weighted by Crippen LogP contribution is 2.39. The second-order valence-corrected chi connectivity index (χ2v) is 5.80. The molecule has 3 rings (SSSR count). The summed E-state index contributed by atoms with van der Waals surface area (Å²) < 4.78 is 6.56. The summed E-state index contributed by atoms with van der Waals surface area (Å²) in [5.41, 5.74) is 2.52. The highest BCUT2D eigenvalue weighted by Gasteiger charge is 2.29. The maximum Gasteiger partial charge on any atom is 0.0800 e. The van der Waals surface area contributed by atoms with Crippen LogP contribution >= 0.6 is 15.9 Å². The number of halogens is 1. The molecule has 1 aromatic rings. The van der Waals surface area contributed by atoms with Crippen LogP contribution in [0.1, 0.15) is 12.8 Å². The van der Waals surface area contributed by atoms with Gasteiger partial charge in [-0.25, -0.2) is 0 Å². The number of ether oxygens (including phenoxy) is 1. The summed E-state index contributed by atoms with van der Waals surface area (Å²) in [6.45, 7) is 3.91. The van der Waals surface area contributed by atoms with Crippen molar-refractivity contribution in [2.75, 3.05) is 43.2 Å². The lowest BCUT2D eigenvalue weighted by Gasteiger charge is -2.43. The number of aromatic nitrogens is 1. The van der Waals surface area contributed by atoms with Gasteiger partial charge in [-0.3, -0.25) is 4.98 Å². The van der Waals surface area contributed by atoms with E-state index in [1.807, 2.05) is 12.4 Å². The Labute approximate surface area is 116 Å². The smallest absolute Gasteiger partial charge is 0.0800 e. The van der Waals surface area contributed by atoms with Crippen molar-refractivity contribution < 1.29 is 4.74 Å². The zero-order valence-electron chi connectivity index (χ0n) is 10.6. The SMILES string of the molecule is CN1CCN(C2CCOCC2)c2c(Br)cncc21. The minimum absolute atomic E-state index is 0.602. The number of hydrogen-bond acceptors (Lipinski definition) is 4. The van der Waals surface area contributed by atoms with Crippen molar-refractivity contribution in [1.82, 2.24) is 4.98 Å². The average Bonchev–Trinajstić information content (AvgIpc) is 2.41. The quantitative estimate of drug-likeness (QED) is 0.795. The van der Waals surface area contributed by atoms with Crippen LogP contribution in [0.15, 0.2) is 16.9 Å². The fourth-order valence-corrected chi connectivity index (χ4v) is 3.38. The normalized spacial score (nSPS) is 21.0. The van der Waals surface area contributed by atoms with Gasteiger partial charge in [0.2, 0.25) is 0 Å². The first-order valence-corrected chi connectivity index (χ1v) is 7.25. The molecule has 5 heteroatoms. The minimum Gasteiger partial charge on any atom is -0.381 e. The second kappa shape index (κ2) is 5.05. The van der Waals surface area contributed by atoms with E-state index in [4.69, 9.17) is 4.74 Å². The van der Waals surface area contributed by atoms with Crippen LogP contribution in [0, 0.1) is 0 Å². The summed E-state index contributed by atoms with van der Waals surface area (Å²) in [5.74, 6) is 0. The highest BCUT2D eigenvalue weighted by molar-refractivity contribution is 9.10. The van der Waals surface area contributed by atoms with Crippen LogP contribution in [0.5, 0.6) is 0 Å². The van der Waals surface area contributed by atoms with Crippen LogP contribution in [0.2, 0.25) is 0 Å². The van der Waals surface area contributed by atoms with Gasteiger partial charge in [0, 0.05) is 45.6 Å². The number of fused-ring (bicyclic) bond motifs is 1. The molecule has 0 aromatic carbocycles. The van der Waals surface area contributed by atoms with Gasteiger partial charge in [0.15, 0.2) is 0 Å². The zero-order valence-corrected chi connectivity index (χ0v) is 12.2. The third kappa shape index (κ3) is 2.10. The fourth-order valence-electron chi connectivity index (χ4n) is 2.83. The number of hydrogen-bond donors (Lipinski definition) is 0. The van der Waals surface area contributed by atoms with E-state index in [0.29, 0.717) is 6.04 Å². The number of likely N-dealkylation sites (N-methyl/N-ethyl adjacent to an activating group) is 1. The number of anilines is 2. The molecule has 2 aliphatic rings. The molecule has 98 valence electrons. The Bertz CT molecular complexity index is 434. The van der Waals surface area contributed by atoms with Crippen LogP contribution < -0.4 is 9.80 Å². The molecule has 0 bridgehead atoms. The van der Waals surface area contributed by atoms with Crippen LogP contribution in [0.3, 0.4) is 0 Å². The van der Waals surface area contributed by atoms with Gasteiger partial charge in [0.05, 0.1) is 22.0 Å². The van der Waals surface area contributed by atoms with Crippen molar-refractivity contribution in [1.29, 1.82) is 0 Å². The van der Waals surface area contributed by atoms with Gasteiger partial charge in [0.1, 0.15) is 0 Å². The lowest BCUT2D eigenvalue weighted by molar-refractivity contribution is 0.0843. The lowest BCUT2D eigenvalue weighted by Crippen LogP contribution is -2.47. The van der Waals surface area contributed by atoms with Gasteiger partial charge in [-0.1, -0.05) is 0 Å². The molecular weight excluding hydrogens is 294 g/mol. The Kier molecular flexibility index (Phi) is 3.43. The summed E-state index contributed by atoms with van der Waals surface area (Å²) in [6.07, 6.45) is 6.10. The van der Waals surface area contributed by atoms with Gasteiger partial charge in [-0.05, 0) is 28.8 Å². The Morgan fingerprint density at radius 2 is 2.06 bits per heavy atom. The first-order valence-electron chi connectivity index (χ1n) is 6.46. The molecule has 0 aliphatic carbocycles. The van der Waals surface area contributed by atoms with E-state index in [1.54, 1.807) is 0 Å². The molecule has 1 saturated heterocycles. The molecule has 0 radical (unpaired) electrons. The van der Waals surface area contributed by atoms with Gasteiger partial charge in [0.25, 0.3) is 0 Å². The Morgan fingerprint density at radius 1 is 1.28 bits per heavy atom. The molecule has 0 saturated carbocycles. The summed E-state index contributed by atoms with van der Waals surface area (Å²) in [4.78, 5) is 9.10. The fraction of sp³-hybridized carbons (Fsp3) is 0.615. The van der Waals surface area contributed by atoms with E-state index in [-0.39, 0.29) is 0 Å². The van der Waals surface area contributed by atoms with E-state index >= 15 is 0 Å². The van der Waals surface area contributed by atoms with E-state index in [0.717, 1.165) is 43.6 Å². The molecule has 18 heavy (non-hydrogen) atoms. The van der Waals surface area contributed by atoms with Crippen LogP contribution in [0.25, 0.3) is 0 Å². The Balaban J connectivity index is 1.96. The first kappa shape index (κ1) is 12.2. The molecule has 0 amide bonds. The van der Waals surface area contributed by atoms with Crippen molar-refractivity contribution in [2.24, 2.45) is 0 Å². The van der Waals surface area contributed by atoms with Crippen LogP contribution in [-0.4, -0.2) is 44.4 Å². The van der Waals surface area contributed by atoms with E-state index in [2.05, 4.69) is 37.8 Å². The largest absolute Gasteiger partial charge is 0.381 e. The van der Waals surface area contributed by atoms with Gasteiger partial charge in [-0.2, -0.15) is 0 Å². The second-order valence-electron chi connectivity index (χ2n) is 4.95. The maximum absolute atomic E-state index is 5.47. The van der Waals surface area contributed by atoms with Crippen molar-refractivity contribution in [3.8, 4) is 0 Å². The highest BCUT2D eigenvalue weighted by atomic mass is 79.9.